The van der Waals surface area contributed by atoms with E-state index < -0.39 is 0 Å². The molecule has 2 rings (SSSR count). The van der Waals surface area contributed by atoms with Crippen LogP contribution in [0.15, 0.2) is 30.6 Å². The summed E-state index contributed by atoms with van der Waals surface area (Å²) in [5, 5.41) is 0. The summed E-state index contributed by atoms with van der Waals surface area (Å²) in [6, 6.07) is 6.38. The topological polar surface area (TPSA) is 17.8 Å². The van der Waals surface area contributed by atoms with Crippen LogP contribution < -0.4 is 0 Å². The second-order valence-corrected chi connectivity index (χ2v) is 3.79. The van der Waals surface area contributed by atoms with Crippen LogP contribution in [0.4, 0.5) is 0 Å². The molecular formula is C13H16N2. The van der Waals surface area contributed by atoms with Crippen molar-refractivity contribution in [1.29, 1.82) is 0 Å². The Bertz CT molecular complexity index is 469. The molecule has 0 aliphatic heterocycles. The van der Waals surface area contributed by atoms with Crippen LogP contribution in [0, 0.1) is 13.8 Å². The summed E-state index contributed by atoms with van der Waals surface area (Å²) in [6.45, 7) is 6.43. The molecule has 0 fully saturated rings. The van der Waals surface area contributed by atoms with E-state index in [1.54, 1.807) is 0 Å². The predicted molar refractivity (Wildman–Crippen MR) is 62.4 cm³/mol. The predicted octanol–water partition coefficient (Wildman–Crippen LogP) is 3.05. The van der Waals surface area contributed by atoms with Gasteiger partial charge in [-0.1, -0.05) is 19.1 Å². The molecule has 2 aromatic rings. The fourth-order valence-corrected chi connectivity index (χ4v) is 1.81. The highest BCUT2D eigenvalue weighted by molar-refractivity contribution is 5.45. The summed E-state index contributed by atoms with van der Waals surface area (Å²) in [4.78, 5) is 4.34. The first kappa shape index (κ1) is 9.97. The Morgan fingerprint density at radius 3 is 2.80 bits per heavy atom. The minimum Gasteiger partial charge on any atom is -0.304 e. The summed E-state index contributed by atoms with van der Waals surface area (Å²) < 4.78 is 2.17. The number of benzene rings is 1. The average molecular weight is 200 g/mol. The summed E-state index contributed by atoms with van der Waals surface area (Å²) in [5.74, 6) is 1.11. The molecule has 0 amide bonds. The minimum atomic E-state index is 0.959. The van der Waals surface area contributed by atoms with E-state index in [9.17, 15) is 0 Å². The van der Waals surface area contributed by atoms with Crippen molar-refractivity contribution >= 4 is 0 Å². The molecule has 0 aliphatic rings. The lowest BCUT2D eigenvalue weighted by atomic mass is 10.1. The van der Waals surface area contributed by atoms with Gasteiger partial charge in [-0.25, -0.2) is 4.98 Å². The van der Waals surface area contributed by atoms with Crippen molar-refractivity contribution in [1.82, 2.24) is 9.55 Å². The van der Waals surface area contributed by atoms with Crippen molar-refractivity contribution in [3.63, 3.8) is 0 Å². The summed E-state index contributed by atoms with van der Waals surface area (Å²) in [5.41, 5.74) is 3.89. The zero-order valence-electron chi connectivity index (χ0n) is 9.49. The lowest BCUT2D eigenvalue weighted by Gasteiger charge is -2.11. The van der Waals surface area contributed by atoms with Gasteiger partial charge >= 0.3 is 0 Å². The molecule has 0 radical (unpaired) electrons. The number of hydrogen-bond donors (Lipinski definition) is 0. The molecule has 1 aromatic heterocycles. The van der Waals surface area contributed by atoms with E-state index >= 15 is 0 Å². The van der Waals surface area contributed by atoms with Crippen LogP contribution in [0.5, 0.6) is 0 Å². The average Bonchev–Trinajstić information content (AvgIpc) is 2.70. The zero-order valence-corrected chi connectivity index (χ0v) is 9.49. The fraction of sp³-hybridized carbons (Fsp3) is 0.308. The second-order valence-electron chi connectivity index (χ2n) is 3.79. The maximum absolute atomic E-state index is 4.34. The first-order valence-electron chi connectivity index (χ1n) is 5.33. The minimum absolute atomic E-state index is 0.959. The first-order valence-corrected chi connectivity index (χ1v) is 5.33. The Balaban J connectivity index is 2.59. The Morgan fingerprint density at radius 2 is 2.07 bits per heavy atom. The molecule has 0 N–H and O–H groups in total. The van der Waals surface area contributed by atoms with Crippen molar-refractivity contribution in [2.24, 2.45) is 0 Å². The number of rotatable bonds is 2. The molecule has 2 nitrogen and oxygen atoms in total. The molecule has 0 atom stereocenters. The van der Waals surface area contributed by atoms with Crippen molar-refractivity contribution in [2.45, 2.75) is 27.2 Å². The van der Waals surface area contributed by atoms with Crippen LogP contribution in [-0.4, -0.2) is 9.55 Å². The quantitative estimate of drug-likeness (QED) is 0.728. The van der Waals surface area contributed by atoms with Crippen LogP contribution in [0.2, 0.25) is 0 Å². The van der Waals surface area contributed by atoms with E-state index in [1.807, 2.05) is 12.4 Å². The molecular weight excluding hydrogens is 184 g/mol. The molecule has 78 valence electrons. The van der Waals surface area contributed by atoms with Gasteiger partial charge in [-0.05, 0) is 31.0 Å². The van der Waals surface area contributed by atoms with Crippen molar-refractivity contribution in [2.75, 3.05) is 0 Å². The lowest BCUT2D eigenvalue weighted by Crippen LogP contribution is -2.01. The number of nitrogens with zero attached hydrogens (tertiary/aromatic N) is 2. The van der Waals surface area contributed by atoms with Gasteiger partial charge in [-0.3, -0.25) is 0 Å². The number of hydrogen-bond acceptors (Lipinski definition) is 1. The van der Waals surface area contributed by atoms with E-state index in [0.29, 0.717) is 0 Å². The largest absolute Gasteiger partial charge is 0.304 e. The summed E-state index contributed by atoms with van der Waals surface area (Å²) in [6.07, 6.45) is 4.85. The Hall–Kier alpha value is -1.57. The SMILES string of the molecule is CCc1nccn1-c1cccc(C)c1C. The lowest BCUT2D eigenvalue weighted by molar-refractivity contribution is 0.884. The van der Waals surface area contributed by atoms with E-state index in [4.69, 9.17) is 0 Å². The van der Waals surface area contributed by atoms with Crippen LogP contribution in [0.25, 0.3) is 5.69 Å². The number of imidazole rings is 1. The molecule has 0 saturated carbocycles. The van der Waals surface area contributed by atoms with E-state index in [1.165, 1.54) is 16.8 Å². The third-order valence-electron chi connectivity index (χ3n) is 2.87. The standard InChI is InChI=1S/C13H16N2/c1-4-13-14-8-9-15(13)12-7-5-6-10(2)11(12)3/h5-9H,4H2,1-3H3. The maximum Gasteiger partial charge on any atom is 0.112 e. The smallest absolute Gasteiger partial charge is 0.112 e. The molecule has 0 unspecified atom stereocenters. The van der Waals surface area contributed by atoms with Gasteiger partial charge in [0.25, 0.3) is 0 Å². The van der Waals surface area contributed by atoms with Crippen molar-refractivity contribution in [3.05, 3.63) is 47.5 Å². The van der Waals surface area contributed by atoms with Gasteiger partial charge in [0.2, 0.25) is 0 Å². The van der Waals surface area contributed by atoms with Gasteiger partial charge in [-0.2, -0.15) is 0 Å². The Morgan fingerprint density at radius 1 is 1.27 bits per heavy atom. The Kier molecular flexibility index (Phi) is 2.58. The molecule has 1 heterocycles. The zero-order chi connectivity index (χ0) is 10.8. The highest BCUT2D eigenvalue weighted by Crippen LogP contribution is 2.18. The summed E-state index contributed by atoms with van der Waals surface area (Å²) in [7, 11) is 0. The maximum atomic E-state index is 4.34. The molecule has 0 spiro atoms. The molecule has 0 aliphatic carbocycles. The molecule has 2 heteroatoms. The fourth-order valence-electron chi connectivity index (χ4n) is 1.81. The van der Waals surface area contributed by atoms with Gasteiger partial charge in [0.15, 0.2) is 0 Å². The van der Waals surface area contributed by atoms with E-state index in [2.05, 4.69) is 48.5 Å². The normalized spacial score (nSPS) is 10.6. The van der Waals surface area contributed by atoms with Crippen LogP contribution in [0.3, 0.4) is 0 Å². The van der Waals surface area contributed by atoms with Crippen molar-refractivity contribution < 1.29 is 0 Å². The van der Waals surface area contributed by atoms with Gasteiger partial charge in [-0.15, -0.1) is 0 Å². The van der Waals surface area contributed by atoms with Crippen LogP contribution in [-0.2, 0) is 6.42 Å². The van der Waals surface area contributed by atoms with E-state index in [-0.39, 0.29) is 0 Å². The molecule has 0 saturated heterocycles. The third-order valence-corrected chi connectivity index (χ3v) is 2.87. The van der Waals surface area contributed by atoms with Gasteiger partial charge in [0.05, 0.1) is 0 Å². The van der Waals surface area contributed by atoms with Crippen molar-refractivity contribution in [3.8, 4) is 5.69 Å². The first-order chi connectivity index (χ1) is 7.24. The van der Waals surface area contributed by atoms with Crippen LogP contribution in [0.1, 0.15) is 23.9 Å². The highest BCUT2D eigenvalue weighted by Gasteiger charge is 2.06. The number of aromatic nitrogens is 2. The monoisotopic (exact) mass is 200 g/mol. The molecule has 1 aromatic carbocycles. The van der Waals surface area contributed by atoms with Gasteiger partial charge < -0.3 is 4.57 Å². The Labute approximate surface area is 90.6 Å². The second kappa shape index (κ2) is 3.89. The highest BCUT2D eigenvalue weighted by atomic mass is 15.1. The number of aryl methyl sites for hydroxylation is 2. The molecule has 15 heavy (non-hydrogen) atoms. The van der Waals surface area contributed by atoms with Gasteiger partial charge in [0, 0.05) is 24.5 Å². The third kappa shape index (κ3) is 1.67. The van der Waals surface area contributed by atoms with Gasteiger partial charge in [0.1, 0.15) is 5.82 Å². The van der Waals surface area contributed by atoms with Crippen LogP contribution >= 0.6 is 0 Å². The summed E-state index contributed by atoms with van der Waals surface area (Å²) >= 11 is 0. The molecule has 0 bridgehead atoms. The van der Waals surface area contributed by atoms with E-state index in [0.717, 1.165) is 12.2 Å².